The maximum absolute atomic E-state index is 10.3. The Kier molecular flexibility index (Phi) is 3.28. The number of piperidine rings is 1. The second-order valence-corrected chi connectivity index (χ2v) is 4.52. The molecule has 0 spiro atoms. The third-order valence-electron chi connectivity index (χ3n) is 3.10. The molecule has 16 heavy (non-hydrogen) atoms. The lowest BCUT2D eigenvalue weighted by molar-refractivity contribution is 0.0169. The fraction of sp³-hybridized carbons (Fsp3) is 0.429. The van der Waals surface area contributed by atoms with Crippen LogP contribution in [0.25, 0.3) is 0 Å². The summed E-state index contributed by atoms with van der Waals surface area (Å²) in [6, 6.07) is 7.85. The molecule has 84 valence electrons. The van der Waals surface area contributed by atoms with Crippen molar-refractivity contribution in [2.45, 2.75) is 24.9 Å². The van der Waals surface area contributed by atoms with E-state index in [-0.39, 0.29) is 0 Å². The van der Waals surface area contributed by atoms with E-state index in [1.165, 1.54) is 0 Å². The minimum atomic E-state index is -0.587. The van der Waals surface area contributed by atoms with E-state index in [0.717, 1.165) is 30.5 Å². The number of hydrogen-bond acceptors (Lipinski definition) is 2. The molecular weight excluding hydrogens is 198 g/mol. The average Bonchev–Trinajstić information content (AvgIpc) is 2.30. The highest BCUT2D eigenvalue weighted by Crippen LogP contribution is 2.21. The van der Waals surface area contributed by atoms with Crippen molar-refractivity contribution in [1.29, 1.82) is 0 Å². The van der Waals surface area contributed by atoms with Crippen molar-refractivity contribution in [3.8, 4) is 12.3 Å². The molecule has 2 rings (SSSR count). The van der Waals surface area contributed by atoms with E-state index in [2.05, 4.69) is 11.2 Å². The van der Waals surface area contributed by atoms with Gasteiger partial charge in [-0.25, -0.2) is 0 Å². The van der Waals surface area contributed by atoms with Gasteiger partial charge in [-0.1, -0.05) is 18.1 Å². The number of hydrogen-bond donors (Lipinski definition) is 2. The van der Waals surface area contributed by atoms with Gasteiger partial charge in [0.1, 0.15) is 0 Å². The number of rotatable bonds is 2. The first-order chi connectivity index (χ1) is 7.72. The van der Waals surface area contributed by atoms with Gasteiger partial charge in [-0.15, -0.1) is 6.42 Å². The second-order valence-electron chi connectivity index (χ2n) is 4.52. The third kappa shape index (κ3) is 2.63. The normalized spacial score (nSPS) is 25.0. The maximum atomic E-state index is 10.3. The van der Waals surface area contributed by atoms with Crippen LogP contribution in [-0.2, 0) is 6.42 Å². The number of terminal acetylenes is 1. The standard InChI is InChI=1S/C14H17NO/c1-2-12-4-6-13(7-5-12)10-14(16)8-3-9-15-11-14/h1,4-7,15-16H,3,8-11H2. The van der Waals surface area contributed by atoms with E-state index < -0.39 is 5.60 Å². The first kappa shape index (κ1) is 11.2. The van der Waals surface area contributed by atoms with E-state index in [1.807, 2.05) is 24.3 Å². The SMILES string of the molecule is C#Cc1ccc(CC2(O)CCCNC2)cc1. The summed E-state index contributed by atoms with van der Waals surface area (Å²) in [6.45, 7) is 1.70. The first-order valence-electron chi connectivity index (χ1n) is 5.70. The van der Waals surface area contributed by atoms with Crippen molar-refractivity contribution in [2.75, 3.05) is 13.1 Å². The molecule has 0 amide bonds. The molecule has 1 unspecified atom stereocenters. The maximum Gasteiger partial charge on any atom is 0.0812 e. The van der Waals surface area contributed by atoms with Crippen LogP contribution in [0.2, 0.25) is 0 Å². The fourth-order valence-corrected chi connectivity index (χ4v) is 2.20. The van der Waals surface area contributed by atoms with Crippen LogP contribution in [0.1, 0.15) is 24.0 Å². The van der Waals surface area contributed by atoms with Crippen molar-refractivity contribution in [3.63, 3.8) is 0 Å². The third-order valence-corrected chi connectivity index (χ3v) is 3.10. The van der Waals surface area contributed by atoms with Gasteiger partial charge in [-0.3, -0.25) is 0 Å². The highest BCUT2D eigenvalue weighted by Gasteiger charge is 2.28. The molecule has 1 aromatic carbocycles. The Morgan fingerprint density at radius 3 is 2.69 bits per heavy atom. The lowest BCUT2D eigenvalue weighted by atomic mass is 9.87. The van der Waals surface area contributed by atoms with E-state index in [0.29, 0.717) is 13.0 Å². The molecular formula is C14H17NO. The molecule has 2 nitrogen and oxygen atoms in total. The Balaban J connectivity index is 2.05. The summed E-state index contributed by atoms with van der Waals surface area (Å²) in [5, 5.41) is 13.6. The Bertz CT molecular complexity index is 382. The van der Waals surface area contributed by atoms with Crippen molar-refractivity contribution in [3.05, 3.63) is 35.4 Å². The molecule has 1 atom stereocenters. The fourth-order valence-electron chi connectivity index (χ4n) is 2.20. The molecule has 1 aromatic rings. The minimum Gasteiger partial charge on any atom is -0.388 e. The molecule has 2 heteroatoms. The summed E-state index contributed by atoms with van der Waals surface area (Å²) in [7, 11) is 0. The molecule has 0 radical (unpaired) electrons. The van der Waals surface area contributed by atoms with Crippen LogP contribution < -0.4 is 5.32 Å². The van der Waals surface area contributed by atoms with Crippen LogP contribution >= 0.6 is 0 Å². The van der Waals surface area contributed by atoms with Gasteiger partial charge in [0.05, 0.1) is 5.60 Å². The zero-order valence-corrected chi connectivity index (χ0v) is 9.37. The molecule has 0 bridgehead atoms. The second kappa shape index (κ2) is 4.69. The molecule has 0 aromatic heterocycles. The quantitative estimate of drug-likeness (QED) is 0.729. The van der Waals surface area contributed by atoms with E-state index in [4.69, 9.17) is 6.42 Å². The highest BCUT2D eigenvalue weighted by molar-refractivity contribution is 5.34. The minimum absolute atomic E-state index is 0.587. The molecule has 1 saturated heterocycles. The summed E-state index contributed by atoms with van der Waals surface area (Å²) >= 11 is 0. The smallest absolute Gasteiger partial charge is 0.0812 e. The summed E-state index contributed by atoms with van der Waals surface area (Å²) < 4.78 is 0. The predicted molar refractivity (Wildman–Crippen MR) is 65.1 cm³/mol. The van der Waals surface area contributed by atoms with Crippen molar-refractivity contribution >= 4 is 0 Å². The zero-order valence-electron chi connectivity index (χ0n) is 9.37. The number of nitrogens with one attached hydrogen (secondary N) is 1. The van der Waals surface area contributed by atoms with Gasteiger partial charge in [0.25, 0.3) is 0 Å². The van der Waals surface area contributed by atoms with Gasteiger partial charge in [0, 0.05) is 18.5 Å². The Hall–Kier alpha value is -1.30. The van der Waals surface area contributed by atoms with Gasteiger partial charge in [-0.05, 0) is 37.1 Å². The Labute approximate surface area is 96.7 Å². The largest absolute Gasteiger partial charge is 0.388 e. The van der Waals surface area contributed by atoms with Crippen molar-refractivity contribution in [2.24, 2.45) is 0 Å². The number of aliphatic hydroxyl groups is 1. The summed E-state index contributed by atoms with van der Waals surface area (Å²) in [6.07, 6.45) is 7.91. The van der Waals surface area contributed by atoms with Crippen LogP contribution in [-0.4, -0.2) is 23.8 Å². The molecule has 1 fully saturated rings. The number of benzene rings is 1. The molecule has 0 aliphatic carbocycles. The van der Waals surface area contributed by atoms with E-state index in [9.17, 15) is 5.11 Å². The Morgan fingerprint density at radius 1 is 1.38 bits per heavy atom. The van der Waals surface area contributed by atoms with Crippen LogP contribution in [0.5, 0.6) is 0 Å². The topological polar surface area (TPSA) is 32.3 Å². The van der Waals surface area contributed by atoms with Gasteiger partial charge >= 0.3 is 0 Å². The van der Waals surface area contributed by atoms with E-state index in [1.54, 1.807) is 0 Å². The van der Waals surface area contributed by atoms with Crippen LogP contribution in [0, 0.1) is 12.3 Å². The zero-order chi connectivity index (χ0) is 11.4. The lowest BCUT2D eigenvalue weighted by Gasteiger charge is -2.32. The summed E-state index contributed by atoms with van der Waals surface area (Å²) in [5.74, 6) is 2.59. The molecule has 2 N–H and O–H groups in total. The van der Waals surface area contributed by atoms with Crippen molar-refractivity contribution < 1.29 is 5.11 Å². The van der Waals surface area contributed by atoms with E-state index >= 15 is 0 Å². The van der Waals surface area contributed by atoms with Crippen LogP contribution in [0.4, 0.5) is 0 Å². The molecule has 1 aliphatic rings. The highest BCUT2D eigenvalue weighted by atomic mass is 16.3. The summed E-state index contributed by atoms with van der Waals surface area (Å²) in [4.78, 5) is 0. The van der Waals surface area contributed by atoms with Gasteiger partial charge < -0.3 is 10.4 Å². The van der Waals surface area contributed by atoms with Gasteiger partial charge in [0.2, 0.25) is 0 Å². The van der Waals surface area contributed by atoms with Gasteiger partial charge in [0.15, 0.2) is 0 Å². The predicted octanol–water partition coefficient (Wildman–Crippen LogP) is 1.32. The van der Waals surface area contributed by atoms with Gasteiger partial charge in [-0.2, -0.15) is 0 Å². The Morgan fingerprint density at radius 2 is 2.12 bits per heavy atom. The van der Waals surface area contributed by atoms with Crippen molar-refractivity contribution in [1.82, 2.24) is 5.32 Å². The first-order valence-corrected chi connectivity index (χ1v) is 5.70. The lowest BCUT2D eigenvalue weighted by Crippen LogP contribution is -2.47. The molecule has 1 heterocycles. The van der Waals surface area contributed by atoms with Crippen LogP contribution in [0.15, 0.2) is 24.3 Å². The summed E-state index contributed by atoms with van der Waals surface area (Å²) in [5.41, 5.74) is 1.44. The number of β-amino-alcohol motifs (C(OH)–C–C–N with tert-alkyl or cyclic N) is 1. The molecule has 1 aliphatic heterocycles. The van der Waals surface area contributed by atoms with Crippen LogP contribution in [0.3, 0.4) is 0 Å². The monoisotopic (exact) mass is 215 g/mol. The molecule has 0 saturated carbocycles. The average molecular weight is 215 g/mol.